The Morgan fingerprint density at radius 2 is 2.33 bits per heavy atom. The van der Waals surface area contributed by atoms with Crippen LogP contribution < -0.4 is 4.74 Å². The Balaban J connectivity index is 2.57. The topological polar surface area (TPSA) is 41.8 Å². The summed E-state index contributed by atoms with van der Waals surface area (Å²) in [4.78, 5) is 0. The molecule has 0 aliphatic carbocycles. The minimum Gasteiger partial charge on any atom is -0.486 e. The molecule has 0 saturated heterocycles. The first-order valence-corrected chi connectivity index (χ1v) is 3.76. The number of benzene rings is 1. The van der Waals surface area contributed by atoms with Crippen LogP contribution in [0.15, 0.2) is 23.4 Å². The van der Waals surface area contributed by atoms with E-state index in [1.807, 2.05) is 25.1 Å². The van der Waals surface area contributed by atoms with Crippen LogP contribution >= 0.6 is 0 Å². The summed E-state index contributed by atoms with van der Waals surface area (Å²) >= 11 is 0. The van der Waals surface area contributed by atoms with Crippen LogP contribution in [0.4, 0.5) is 0 Å². The van der Waals surface area contributed by atoms with E-state index in [0.29, 0.717) is 12.3 Å². The van der Waals surface area contributed by atoms with Gasteiger partial charge >= 0.3 is 0 Å². The van der Waals surface area contributed by atoms with Gasteiger partial charge in [-0.3, -0.25) is 0 Å². The zero-order chi connectivity index (χ0) is 8.55. The molecule has 12 heavy (non-hydrogen) atoms. The third kappa shape index (κ3) is 0.942. The van der Waals surface area contributed by atoms with Gasteiger partial charge in [-0.25, -0.2) is 0 Å². The second-order valence-corrected chi connectivity index (χ2v) is 2.83. The highest BCUT2D eigenvalue weighted by atomic mass is 16.5. The number of rotatable bonds is 0. The zero-order valence-corrected chi connectivity index (χ0v) is 6.74. The number of nitrogens with zero attached hydrogens (tertiary/aromatic N) is 1. The normalized spacial score (nSPS) is 17.6. The van der Waals surface area contributed by atoms with E-state index in [9.17, 15) is 0 Å². The fourth-order valence-electron chi connectivity index (χ4n) is 1.30. The van der Waals surface area contributed by atoms with Gasteiger partial charge in [0.05, 0.1) is 0 Å². The van der Waals surface area contributed by atoms with Gasteiger partial charge in [-0.05, 0) is 19.1 Å². The van der Waals surface area contributed by atoms with Crippen LogP contribution in [-0.4, -0.2) is 17.5 Å². The van der Waals surface area contributed by atoms with Crippen molar-refractivity contribution in [2.24, 2.45) is 5.16 Å². The number of aryl methyl sites for hydroxylation is 1. The van der Waals surface area contributed by atoms with Gasteiger partial charge in [0.2, 0.25) is 0 Å². The van der Waals surface area contributed by atoms with Gasteiger partial charge in [0.25, 0.3) is 0 Å². The van der Waals surface area contributed by atoms with E-state index in [1.165, 1.54) is 0 Å². The lowest BCUT2D eigenvalue weighted by Gasteiger charge is -1.97. The van der Waals surface area contributed by atoms with Gasteiger partial charge in [-0.15, -0.1) is 0 Å². The van der Waals surface area contributed by atoms with Crippen LogP contribution in [-0.2, 0) is 0 Å². The molecule has 3 nitrogen and oxygen atoms in total. The summed E-state index contributed by atoms with van der Waals surface area (Å²) in [5.41, 5.74) is 2.65. The Kier molecular flexibility index (Phi) is 1.50. The predicted molar refractivity (Wildman–Crippen MR) is 45.0 cm³/mol. The number of hydrogen-bond acceptors (Lipinski definition) is 3. The molecule has 0 aromatic heterocycles. The first-order valence-electron chi connectivity index (χ1n) is 3.76. The smallest absolute Gasteiger partial charge is 0.134 e. The van der Waals surface area contributed by atoms with Crippen LogP contribution in [0.25, 0.3) is 0 Å². The number of fused-ring (bicyclic) bond motifs is 1. The molecule has 0 amide bonds. The number of oxime groups is 1. The number of hydrogen-bond donors (Lipinski definition) is 1. The van der Waals surface area contributed by atoms with Gasteiger partial charge < -0.3 is 9.94 Å². The standard InChI is InChI=1S/C9H9NO2/c1-6-2-3-9-7(4-6)8(10-11)5-12-9/h2-4,11H,5H2,1H3/b10-8-. The molecule has 1 aromatic carbocycles. The van der Waals surface area contributed by atoms with Crippen molar-refractivity contribution >= 4 is 5.71 Å². The second kappa shape index (κ2) is 2.52. The Labute approximate surface area is 70.3 Å². The molecule has 0 atom stereocenters. The summed E-state index contributed by atoms with van der Waals surface area (Å²) in [6.07, 6.45) is 0. The van der Waals surface area contributed by atoms with E-state index in [2.05, 4.69) is 5.16 Å². The molecule has 0 fully saturated rings. The Morgan fingerprint density at radius 3 is 3.08 bits per heavy atom. The molecule has 2 rings (SSSR count). The lowest BCUT2D eigenvalue weighted by atomic mass is 10.1. The Hall–Kier alpha value is -1.51. The lowest BCUT2D eigenvalue weighted by molar-refractivity contribution is 0.313. The monoisotopic (exact) mass is 163 g/mol. The van der Waals surface area contributed by atoms with E-state index in [1.54, 1.807) is 0 Å². The molecule has 0 spiro atoms. The maximum atomic E-state index is 8.61. The van der Waals surface area contributed by atoms with Crippen molar-refractivity contribution in [1.29, 1.82) is 0 Å². The van der Waals surface area contributed by atoms with Crippen LogP contribution in [0.3, 0.4) is 0 Å². The second-order valence-electron chi connectivity index (χ2n) is 2.83. The van der Waals surface area contributed by atoms with E-state index >= 15 is 0 Å². The largest absolute Gasteiger partial charge is 0.486 e. The Bertz CT molecular complexity index is 344. The SMILES string of the molecule is Cc1ccc2c(c1)/C(=N\O)CO2. The highest BCUT2D eigenvalue weighted by molar-refractivity contribution is 6.05. The predicted octanol–water partition coefficient (Wildman–Crippen LogP) is 1.57. The molecule has 0 unspecified atom stereocenters. The van der Waals surface area contributed by atoms with Crippen molar-refractivity contribution < 1.29 is 9.94 Å². The molecule has 1 aromatic rings. The third-order valence-electron chi connectivity index (χ3n) is 1.93. The van der Waals surface area contributed by atoms with Crippen molar-refractivity contribution in [2.75, 3.05) is 6.61 Å². The maximum Gasteiger partial charge on any atom is 0.134 e. The van der Waals surface area contributed by atoms with Gasteiger partial charge in [0, 0.05) is 5.56 Å². The molecule has 1 N–H and O–H groups in total. The summed E-state index contributed by atoms with van der Waals surface area (Å²) in [7, 11) is 0. The molecule has 0 radical (unpaired) electrons. The van der Waals surface area contributed by atoms with E-state index in [-0.39, 0.29) is 0 Å². The zero-order valence-electron chi connectivity index (χ0n) is 6.74. The van der Waals surface area contributed by atoms with Crippen molar-refractivity contribution in [3.63, 3.8) is 0 Å². The van der Waals surface area contributed by atoms with Crippen molar-refractivity contribution in [1.82, 2.24) is 0 Å². The molecule has 1 heterocycles. The van der Waals surface area contributed by atoms with Gasteiger partial charge in [0.1, 0.15) is 18.1 Å². The third-order valence-corrected chi connectivity index (χ3v) is 1.93. The lowest BCUT2D eigenvalue weighted by Crippen LogP contribution is -2.01. The summed E-state index contributed by atoms with van der Waals surface area (Å²) in [6.45, 7) is 2.36. The Morgan fingerprint density at radius 1 is 1.50 bits per heavy atom. The summed E-state index contributed by atoms with van der Waals surface area (Å²) < 4.78 is 5.27. The molecule has 0 bridgehead atoms. The summed E-state index contributed by atoms with van der Waals surface area (Å²) in [6, 6.07) is 5.82. The molecule has 3 heteroatoms. The highest BCUT2D eigenvalue weighted by Crippen LogP contribution is 2.25. The average molecular weight is 163 g/mol. The summed E-state index contributed by atoms with van der Waals surface area (Å²) in [5.74, 6) is 0.799. The first-order chi connectivity index (χ1) is 5.81. The van der Waals surface area contributed by atoms with Gasteiger partial charge in [-0.2, -0.15) is 0 Å². The average Bonchev–Trinajstić information content (AvgIpc) is 2.46. The number of ether oxygens (including phenoxy) is 1. The molecular weight excluding hydrogens is 154 g/mol. The van der Waals surface area contributed by atoms with Crippen molar-refractivity contribution in [3.05, 3.63) is 29.3 Å². The fourth-order valence-corrected chi connectivity index (χ4v) is 1.30. The van der Waals surface area contributed by atoms with Crippen LogP contribution in [0.2, 0.25) is 0 Å². The molecule has 1 aliphatic rings. The molecule has 62 valence electrons. The molecule has 0 saturated carbocycles. The minimum absolute atomic E-state index is 0.370. The van der Waals surface area contributed by atoms with E-state index in [4.69, 9.17) is 9.94 Å². The fraction of sp³-hybridized carbons (Fsp3) is 0.222. The minimum atomic E-state index is 0.370. The van der Waals surface area contributed by atoms with Gasteiger partial charge in [-0.1, -0.05) is 16.8 Å². The highest BCUT2D eigenvalue weighted by Gasteiger charge is 2.19. The van der Waals surface area contributed by atoms with E-state index < -0.39 is 0 Å². The molecular formula is C9H9NO2. The van der Waals surface area contributed by atoms with Gasteiger partial charge in [0.15, 0.2) is 0 Å². The first kappa shape index (κ1) is 7.16. The van der Waals surface area contributed by atoms with Crippen molar-refractivity contribution in [2.45, 2.75) is 6.92 Å². The summed E-state index contributed by atoms with van der Waals surface area (Å²) in [5, 5.41) is 11.8. The van der Waals surface area contributed by atoms with Crippen LogP contribution in [0.1, 0.15) is 11.1 Å². The molecule has 1 aliphatic heterocycles. The van der Waals surface area contributed by atoms with Crippen LogP contribution in [0, 0.1) is 6.92 Å². The maximum absolute atomic E-state index is 8.61. The van der Waals surface area contributed by atoms with Crippen LogP contribution in [0.5, 0.6) is 5.75 Å². The van der Waals surface area contributed by atoms with Crippen molar-refractivity contribution in [3.8, 4) is 5.75 Å². The quantitative estimate of drug-likeness (QED) is 0.466. The van der Waals surface area contributed by atoms with E-state index in [0.717, 1.165) is 16.9 Å².